The van der Waals surface area contributed by atoms with E-state index in [-0.39, 0.29) is 31.0 Å². The summed E-state index contributed by atoms with van der Waals surface area (Å²) < 4.78 is 3.32. The van der Waals surface area contributed by atoms with Gasteiger partial charge in [-0.3, -0.25) is 18.7 Å². The quantitative estimate of drug-likeness (QED) is 0.407. The van der Waals surface area contributed by atoms with E-state index in [0.29, 0.717) is 28.2 Å². The molecule has 1 N–H and O–H groups in total. The van der Waals surface area contributed by atoms with Crippen molar-refractivity contribution in [3.63, 3.8) is 0 Å². The summed E-state index contributed by atoms with van der Waals surface area (Å²) in [5, 5.41) is 5.26. The van der Waals surface area contributed by atoms with Crippen LogP contribution in [0, 0.1) is 6.92 Å². The molecule has 1 amide bonds. The Labute approximate surface area is 200 Å². The molecule has 2 aromatic heterocycles. The van der Waals surface area contributed by atoms with Crippen molar-refractivity contribution < 1.29 is 4.79 Å². The molecule has 0 radical (unpaired) electrons. The van der Waals surface area contributed by atoms with Crippen LogP contribution in [0.4, 0.5) is 0 Å². The van der Waals surface area contributed by atoms with E-state index in [9.17, 15) is 14.4 Å². The molecule has 0 spiro atoms. The van der Waals surface area contributed by atoms with Crippen molar-refractivity contribution in [3.05, 3.63) is 103 Å². The van der Waals surface area contributed by atoms with E-state index >= 15 is 0 Å². The fourth-order valence-corrected chi connectivity index (χ4v) is 4.71. The normalized spacial score (nSPS) is 11.1. The van der Waals surface area contributed by atoms with Crippen LogP contribution in [0.15, 0.2) is 69.6 Å². The third kappa shape index (κ3) is 5.26. The molecule has 0 aliphatic rings. The molecule has 0 bridgehead atoms. The highest BCUT2D eigenvalue weighted by atomic mass is 35.5. The molecule has 6 nitrogen and oxygen atoms in total. The number of fused-ring (bicyclic) bond motifs is 1. The van der Waals surface area contributed by atoms with Gasteiger partial charge in [0.15, 0.2) is 0 Å². The van der Waals surface area contributed by atoms with Crippen molar-refractivity contribution in [1.29, 1.82) is 0 Å². The van der Waals surface area contributed by atoms with Gasteiger partial charge in [0.2, 0.25) is 5.91 Å². The Balaban J connectivity index is 1.48. The summed E-state index contributed by atoms with van der Waals surface area (Å²) >= 11 is 7.60. The largest absolute Gasteiger partial charge is 0.352 e. The number of benzene rings is 2. The predicted molar refractivity (Wildman–Crippen MR) is 133 cm³/mol. The fourth-order valence-electron chi connectivity index (χ4n) is 3.67. The number of carbonyl (C=O) groups excluding carboxylic acids is 1. The maximum Gasteiger partial charge on any atom is 0.331 e. The molecule has 2 heterocycles. The Bertz CT molecular complexity index is 1400. The standard InChI is InChI=1S/C25H24ClN3O3S/c1-17-8-10-18(11-9-17)15-27-22(30)7-4-13-28-24(31)23-21(12-14-33-23)29(25(28)32)16-19-5-2-3-6-20(19)26/h2-3,5-6,8-12,14H,4,7,13,15-16H2,1H3,(H,27,30). The maximum atomic E-state index is 13.2. The molecule has 170 valence electrons. The smallest absolute Gasteiger partial charge is 0.331 e. The lowest BCUT2D eigenvalue weighted by atomic mass is 10.1. The topological polar surface area (TPSA) is 73.1 Å². The van der Waals surface area contributed by atoms with Crippen molar-refractivity contribution in [3.8, 4) is 0 Å². The van der Waals surface area contributed by atoms with Crippen LogP contribution < -0.4 is 16.6 Å². The SMILES string of the molecule is Cc1ccc(CNC(=O)CCCn2c(=O)c3sccc3n(Cc3ccccc3Cl)c2=O)cc1. The van der Waals surface area contributed by atoms with E-state index in [2.05, 4.69) is 5.32 Å². The van der Waals surface area contributed by atoms with Crippen LogP contribution in [-0.2, 0) is 24.4 Å². The molecule has 0 saturated heterocycles. The monoisotopic (exact) mass is 481 g/mol. The van der Waals surface area contributed by atoms with Crippen LogP contribution in [0.1, 0.15) is 29.5 Å². The highest BCUT2D eigenvalue weighted by Gasteiger charge is 2.15. The molecule has 33 heavy (non-hydrogen) atoms. The van der Waals surface area contributed by atoms with Gasteiger partial charge in [0.25, 0.3) is 5.56 Å². The lowest BCUT2D eigenvalue weighted by Crippen LogP contribution is -2.40. The lowest BCUT2D eigenvalue weighted by molar-refractivity contribution is -0.121. The van der Waals surface area contributed by atoms with Crippen LogP contribution in [0.25, 0.3) is 10.2 Å². The van der Waals surface area contributed by atoms with Crippen molar-refractivity contribution in [2.45, 2.75) is 39.4 Å². The molecule has 8 heteroatoms. The summed E-state index contributed by atoms with van der Waals surface area (Å²) in [4.78, 5) is 38.4. The molecule has 0 aliphatic carbocycles. The Morgan fingerprint density at radius 3 is 2.55 bits per heavy atom. The second-order valence-corrected chi connectivity index (χ2v) is 9.24. The zero-order valence-electron chi connectivity index (χ0n) is 18.2. The number of amides is 1. The van der Waals surface area contributed by atoms with Gasteiger partial charge in [0.05, 0.1) is 12.1 Å². The summed E-state index contributed by atoms with van der Waals surface area (Å²) in [6.07, 6.45) is 0.614. The van der Waals surface area contributed by atoms with Crippen molar-refractivity contribution in [2.24, 2.45) is 0 Å². The second-order valence-electron chi connectivity index (χ2n) is 7.92. The van der Waals surface area contributed by atoms with Crippen molar-refractivity contribution >= 4 is 39.1 Å². The molecular formula is C25H24ClN3O3S. The average Bonchev–Trinajstić information content (AvgIpc) is 3.30. The number of nitrogens with zero attached hydrogens (tertiary/aromatic N) is 2. The van der Waals surface area contributed by atoms with E-state index in [1.54, 1.807) is 22.1 Å². The first-order chi connectivity index (χ1) is 15.9. The summed E-state index contributed by atoms with van der Waals surface area (Å²) in [5.74, 6) is -0.114. The van der Waals surface area contributed by atoms with Gasteiger partial charge in [-0.05, 0) is 42.0 Å². The van der Waals surface area contributed by atoms with Crippen molar-refractivity contribution in [1.82, 2.24) is 14.5 Å². The Hall–Kier alpha value is -3.16. The van der Waals surface area contributed by atoms with Crippen LogP contribution in [0.3, 0.4) is 0 Å². The van der Waals surface area contributed by atoms with Gasteiger partial charge < -0.3 is 5.32 Å². The van der Waals surface area contributed by atoms with Crippen LogP contribution >= 0.6 is 22.9 Å². The first kappa shape index (κ1) is 23.0. The minimum Gasteiger partial charge on any atom is -0.352 e. The number of halogens is 1. The number of hydrogen-bond donors (Lipinski definition) is 1. The van der Waals surface area contributed by atoms with Gasteiger partial charge in [-0.15, -0.1) is 11.3 Å². The van der Waals surface area contributed by atoms with E-state index in [0.717, 1.165) is 11.1 Å². The van der Waals surface area contributed by atoms with Gasteiger partial charge in [0.1, 0.15) is 4.70 Å². The molecule has 4 rings (SSSR count). The van der Waals surface area contributed by atoms with E-state index in [4.69, 9.17) is 11.6 Å². The van der Waals surface area contributed by atoms with Crippen LogP contribution in [-0.4, -0.2) is 15.0 Å². The first-order valence-corrected chi connectivity index (χ1v) is 12.0. The van der Waals surface area contributed by atoms with Gasteiger partial charge in [-0.1, -0.05) is 59.6 Å². The molecule has 0 aliphatic heterocycles. The number of nitrogens with one attached hydrogen (secondary N) is 1. The Morgan fingerprint density at radius 2 is 1.79 bits per heavy atom. The fraction of sp³-hybridized carbons (Fsp3) is 0.240. The highest BCUT2D eigenvalue weighted by molar-refractivity contribution is 7.17. The Morgan fingerprint density at radius 1 is 1.03 bits per heavy atom. The first-order valence-electron chi connectivity index (χ1n) is 10.7. The molecule has 0 saturated carbocycles. The third-order valence-electron chi connectivity index (χ3n) is 5.52. The summed E-state index contributed by atoms with van der Waals surface area (Å²) in [6.45, 7) is 2.90. The maximum absolute atomic E-state index is 13.2. The van der Waals surface area contributed by atoms with E-state index in [1.807, 2.05) is 49.4 Å². The summed E-state index contributed by atoms with van der Waals surface area (Å²) in [7, 11) is 0. The average molecular weight is 482 g/mol. The minimum atomic E-state index is -0.397. The molecule has 4 aromatic rings. The van der Waals surface area contributed by atoms with Crippen LogP contribution in [0.2, 0.25) is 5.02 Å². The number of aryl methyl sites for hydroxylation is 1. The van der Waals surface area contributed by atoms with Gasteiger partial charge in [-0.2, -0.15) is 0 Å². The number of carbonyl (C=O) groups is 1. The second kappa shape index (κ2) is 10.2. The number of aromatic nitrogens is 2. The zero-order chi connectivity index (χ0) is 23.4. The molecular weight excluding hydrogens is 458 g/mol. The molecule has 0 fully saturated rings. The number of rotatable bonds is 8. The van der Waals surface area contributed by atoms with Crippen molar-refractivity contribution in [2.75, 3.05) is 0 Å². The van der Waals surface area contributed by atoms with Gasteiger partial charge in [0, 0.05) is 24.5 Å². The molecule has 2 aromatic carbocycles. The molecule has 0 unspecified atom stereocenters. The van der Waals surface area contributed by atoms with E-state index in [1.165, 1.54) is 21.5 Å². The van der Waals surface area contributed by atoms with Crippen LogP contribution in [0.5, 0.6) is 0 Å². The van der Waals surface area contributed by atoms with Gasteiger partial charge >= 0.3 is 5.69 Å². The molecule has 0 atom stereocenters. The predicted octanol–water partition coefficient (Wildman–Crippen LogP) is 4.33. The summed E-state index contributed by atoms with van der Waals surface area (Å²) in [5.41, 5.74) is 2.87. The highest BCUT2D eigenvalue weighted by Crippen LogP contribution is 2.20. The minimum absolute atomic E-state index is 0.114. The Kier molecular flexibility index (Phi) is 7.11. The number of hydrogen-bond acceptors (Lipinski definition) is 4. The van der Waals surface area contributed by atoms with E-state index < -0.39 is 5.69 Å². The third-order valence-corrected chi connectivity index (χ3v) is 6.78. The number of thiophene rings is 1. The zero-order valence-corrected chi connectivity index (χ0v) is 19.8. The summed E-state index contributed by atoms with van der Waals surface area (Å²) in [6, 6.07) is 17.1. The lowest BCUT2D eigenvalue weighted by Gasteiger charge is -2.13. The van der Waals surface area contributed by atoms with Gasteiger partial charge in [-0.25, -0.2) is 4.79 Å².